The summed E-state index contributed by atoms with van der Waals surface area (Å²) in [6.45, 7) is 1.67. The first-order chi connectivity index (χ1) is 11.2. The summed E-state index contributed by atoms with van der Waals surface area (Å²) < 4.78 is 0. The summed E-state index contributed by atoms with van der Waals surface area (Å²) in [5, 5.41) is 11.6. The standard InChI is InChI=1S/C18H21N3O2/c19-12-13-5-7-14(8-6-13)20-17(22)15-11-16(15)18(23)21-9-3-1-2-4-10-21/h5-8,15-16H,1-4,9-11H2,(H,20,22). The molecule has 5 nitrogen and oxygen atoms in total. The van der Waals surface area contributed by atoms with E-state index in [1.165, 1.54) is 12.8 Å². The third-order valence-electron chi connectivity index (χ3n) is 4.64. The topological polar surface area (TPSA) is 73.2 Å². The van der Waals surface area contributed by atoms with E-state index < -0.39 is 0 Å². The van der Waals surface area contributed by atoms with E-state index in [4.69, 9.17) is 5.26 Å². The van der Waals surface area contributed by atoms with Crippen LogP contribution in [0.1, 0.15) is 37.7 Å². The van der Waals surface area contributed by atoms with Crippen molar-refractivity contribution in [3.05, 3.63) is 29.8 Å². The average molecular weight is 311 g/mol. The first-order valence-corrected chi connectivity index (χ1v) is 8.29. The summed E-state index contributed by atoms with van der Waals surface area (Å²) >= 11 is 0. The number of rotatable bonds is 3. The van der Waals surface area contributed by atoms with Gasteiger partial charge in [-0.25, -0.2) is 0 Å². The lowest BCUT2D eigenvalue weighted by atomic mass is 10.2. The summed E-state index contributed by atoms with van der Waals surface area (Å²) in [6.07, 6.45) is 5.17. The Morgan fingerprint density at radius 1 is 1.04 bits per heavy atom. The summed E-state index contributed by atoms with van der Waals surface area (Å²) in [5.74, 6) is -0.303. The second kappa shape index (κ2) is 6.82. The highest BCUT2D eigenvalue weighted by Gasteiger charge is 2.49. The molecule has 0 bridgehead atoms. The minimum atomic E-state index is -0.207. The number of likely N-dealkylation sites (tertiary alicyclic amines) is 1. The van der Waals surface area contributed by atoms with Gasteiger partial charge in [0.15, 0.2) is 0 Å². The van der Waals surface area contributed by atoms with Gasteiger partial charge in [0.05, 0.1) is 23.5 Å². The molecular formula is C18H21N3O2. The molecule has 5 heteroatoms. The summed E-state index contributed by atoms with van der Waals surface area (Å²) in [6, 6.07) is 8.81. The number of hydrogen-bond donors (Lipinski definition) is 1. The van der Waals surface area contributed by atoms with Crippen LogP contribution in [0.3, 0.4) is 0 Å². The van der Waals surface area contributed by atoms with Gasteiger partial charge >= 0.3 is 0 Å². The zero-order valence-corrected chi connectivity index (χ0v) is 13.1. The molecule has 1 saturated carbocycles. The molecular weight excluding hydrogens is 290 g/mol. The normalized spacial score (nSPS) is 23.5. The van der Waals surface area contributed by atoms with E-state index in [1.54, 1.807) is 24.3 Å². The molecule has 120 valence electrons. The van der Waals surface area contributed by atoms with Crippen molar-refractivity contribution < 1.29 is 9.59 Å². The van der Waals surface area contributed by atoms with Gasteiger partial charge in [-0.2, -0.15) is 5.26 Å². The molecule has 1 saturated heterocycles. The lowest BCUT2D eigenvalue weighted by Gasteiger charge is -2.20. The van der Waals surface area contributed by atoms with Gasteiger partial charge in [0.1, 0.15) is 0 Å². The number of benzene rings is 1. The molecule has 1 aliphatic heterocycles. The third kappa shape index (κ3) is 3.70. The predicted molar refractivity (Wildman–Crippen MR) is 86.4 cm³/mol. The number of hydrogen-bond acceptors (Lipinski definition) is 3. The van der Waals surface area contributed by atoms with Crippen LogP contribution in [0.5, 0.6) is 0 Å². The molecule has 1 N–H and O–H groups in total. The number of amides is 2. The van der Waals surface area contributed by atoms with E-state index in [2.05, 4.69) is 5.32 Å². The largest absolute Gasteiger partial charge is 0.342 e. The number of nitriles is 1. The van der Waals surface area contributed by atoms with Gasteiger partial charge in [0, 0.05) is 18.8 Å². The fourth-order valence-electron chi connectivity index (χ4n) is 3.15. The fraction of sp³-hybridized carbons (Fsp3) is 0.500. The molecule has 1 aliphatic carbocycles. The summed E-state index contributed by atoms with van der Waals surface area (Å²) in [4.78, 5) is 26.7. The quantitative estimate of drug-likeness (QED) is 0.932. The van der Waals surface area contributed by atoms with Crippen molar-refractivity contribution in [1.29, 1.82) is 5.26 Å². The highest BCUT2D eigenvalue weighted by molar-refractivity contribution is 5.99. The second-order valence-electron chi connectivity index (χ2n) is 6.37. The Morgan fingerprint density at radius 2 is 1.70 bits per heavy atom. The predicted octanol–water partition coefficient (Wildman–Crippen LogP) is 2.54. The molecule has 2 aliphatic rings. The Hall–Kier alpha value is -2.35. The molecule has 1 heterocycles. The van der Waals surface area contributed by atoms with E-state index >= 15 is 0 Å². The van der Waals surface area contributed by atoms with E-state index in [0.717, 1.165) is 25.9 Å². The minimum absolute atomic E-state index is 0.0946. The van der Waals surface area contributed by atoms with Gasteiger partial charge in [0.2, 0.25) is 11.8 Å². The van der Waals surface area contributed by atoms with Crippen LogP contribution in [0.15, 0.2) is 24.3 Å². The van der Waals surface area contributed by atoms with Gasteiger partial charge in [0.25, 0.3) is 0 Å². The zero-order valence-electron chi connectivity index (χ0n) is 13.1. The van der Waals surface area contributed by atoms with Crippen LogP contribution in [-0.2, 0) is 9.59 Å². The third-order valence-corrected chi connectivity index (χ3v) is 4.64. The molecule has 1 aromatic rings. The van der Waals surface area contributed by atoms with Crippen LogP contribution in [0.25, 0.3) is 0 Å². The lowest BCUT2D eigenvalue weighted by Crippen LogP contribution is -2.34. The fourth-order valence-corrected chi connectivity index (χ4v) is 3.15. The van der Waals surface area contributed by atoms with E-state index in [0.29, 0.717) is 17.7 Å². The first kappa shape index (κ1) is 15.5. The van der Waals surface area contributed by atoms with Crippen LogP contribution in [-0.4, -0.2) is 29.8 Å². The highest BCUT2D eigenvalue weighted by atomic mass is 16.2. The lowest BCUT2D eigenvalue weighted by molar-refractivity contribution is -0.134. The first-order valence-electron chi connectivity index (χ1n) is 8.29. The average Bonchev–Trinajstić information content (AvgIpc) is 3.39. The zero-order chi connectivity index (χ0) is 16.2. The molecule has 0 spiro atoms. The molecule has 23 heavy (non-hydrogen) atoms. The SMILES string of the molecule is N#Cc1ccc(NC(=O)C2CC2C(=O)N2CCCCCC2)cc1. The van der Waals surface area contributed by atoms with Crippen molar-refractivity contribution in [3.8, 4) is 6.07 Å². The van der Waals surface area contributed by atoms with Gasteiger partial charge in [-0.1, -0.05) is 12.8 Å². The number of anilines is 1. The van der Waals surface area contributed by atoms with Crippen LogP contribution in [0.4, 0.5) is 5.69 Å². The number of nitrogens with one attached hydrogen (secondary N) is 1. The van der Waals surface area contributed by atoms with Crippen molar-refractivity contribution >= 4 is 17.5 Å². The molecule has 1 aromatic carbocycles. The molecule has 2 atom stereocenters. The Kier molecular flexibility index (Phi) is 4.61. The Labute approximate surface area is 136 Å². The Morgan fingerprint density at radius 3 is 2.30 bits per heavy atom. The van der Waals surface area contributed by atoms with E-state index in [-0.39, 0.29) is 23.7 Å². The molecule has 3 rings (SSSR count). The van der Waals surface area contributed by atoms with Gasteiger partial charge < -0.3 is 10.2 Å². The maximum atomic E-state index is 12.5. The Balaban J connectivity index is 1.53. The van der Waals surface area contributed by atoms with Crippen molar-refractivity contribution in [3.63, 3.8) is 0 Å². The van der Waals surface area contributed by atoms with Gasteiger partial charge in [-0.05, 0) is 43.5 Å². The van der Waals surface area contributed by atoms with Crippen LogP contribution in [0, 0.1) is 23.2 Å². The van der Waals surface area contributed by atoms with Gasteiger partial charge in [-0.3, -0.25) is 9.59 Å². The maximum Gasteiger partial charge on any atom is 0.228 e. The van der Waals surface area contributed by atoms with Crippen molar-refractivity contribution in [2.45, 2.75) is 32.1 Å². The van der Waals surface area contributed by atoms with Crippen LogP contribution < -0.4 is 5.32 Å². The number of nitrogens with zero attached hydrogens (tertiary/aromatic N) is 2. The van der Waals surface area contributed by atoms with Crippen LogP contribution >= 0.6 is 0 Å². The summed E-state index contributed by atoms with van der Waals surface area (Å²) in [7, 11) is 0. The Bertz CT molecular complexity index is 625. The number of carbonyl (C=O) groups excluding carboxylic acids is 2. The van der Waals surface area contributed by atoms with Crippen molar-refractivity contribution in [1.82, 2.24) is 4.90 Å². The second-order valence-corrected chi connectivity index (χ2v) is 6.37. The van der Waals surface area contributed by atoms with Gasteiger partial charge in [-0.15, -0.1) is 0 Å². The number of carbonyl (C=O) groups is 2. The smallest absolute Gasteiger partial charge is 0.228 e. The highest BCUT2D eigenvalue weighted by Crippen LogP contribution is 2.41. The van der Waals surface area contributed by atoms with Crippen LogP contribution in [0.2, 0.25) is 0 Å². The van der Waals surface area contributed by atoms with Crippen molar-refractivity contribution in [2.75, 3.05) is 18.4 Å². The molecule has 2 unspecified atom stereocenters. The minimum Gasteiger partial charge on any atom is -0.342 e. The molecule has 0 radical (unpaired) electrons. The molecule has 2 amide bonds. The maximum absolute atomic E-state index is 12.5. The van der Waals surface area contributed by atoms with E-state index in [9.17, 15) is 9.59 Å². The molecule has 0 aromatic heterocycles. The van der Waals surface area contributed by atoms with Crippen molar-refractivity contribution in [2.24, 2.45) is 11.8 Å². The summed E-state index contributed by atoms with van der Waals surface area (Å²) in [5.41, 5.74) is 1.23. The molecule has 2 fully saturated rings. The van der Waals surface area contributed by atoms with E-state index in [1.807, 2.05) is 11.0 Å². The monoisotopic (exact) mass is 311 g/mol.